The van der Waals surface area contributed by atoms with Gasteiger partial charge in [0.05, 0.1) is 18.3 Å². The van der Waals surface area contributed by atoms with Gasteiger partial charge in [0, 0.05) is 7.11 Å². The topological polar surface area (TPSA) is 49.7 Å². The molecule has 0 bridgehead atoms. The fourth-order valence-electron chi connectivity index (χ4n) is 6.79. The maximum atomic E-state index is 11.0. The maximum absolute atomic E-state index is 11.0. The normalized spacial score (nSPS) is 55.6. The largest absolute Gasteiger partial charge is 0.393 e. The van der Waals surface area contributed by atoms with Crippen molar-refractivity contribution in [1.29, 1.82) is 0 Å². The molecule has 8 atom stereocenters. The molecule has 3 saturated carbocycles. The molecule has 0 aromatic rings. The highest BCUT2D eigenvalue weighted by molar-refractivity contribution is 5.28. The van der Waals surface area contributed by atoms with Crippen LogP contribution in [0.25, 0.3) is 0 Å². The fourth-order valence-corrected chi connectivity index (χ4v) is 6.79. The Morgan fingerprint density at radius 3 is 2.57 bits per heavy atom. The van der Waals surface area contributed by atoms with Crippen molar-refractivity contribution in [2.45, 2.75) is 77.1 Å². The Morgan fingerprint density at radius 2 is 1.83 bits per heavy atom. The first kappa shape index (κ1) is 16.1. The summed E-state index contributed by atoms with van der Waals surface area (Å²) in [5, 5.41) is 21.5. The van der Waals surface area contributed by atoms with Crippen LogP contribution in [0.15, 0.2) is 11.6 Å². The first-order valence-electron chi connectivity index (χ1n) is 9.50. The van der Waals surface area contributed by atoms with Crippen molar-refractivity contribution in [2.24, 2.45) is 28.6 Å². The van der Waals surface area contributed by atoms with Crippen LogP contribution in [0.5, 0.6) is 0 Å². The van der Waals surface area contributed by atoms with Crippen LogP contribution >= 0.6 is 0 Å². The lowest BCUT2D eigenvalue weighted by Gasteiger charge is -2.58. The molecule has 0 aromatic carbocycles. The predicted molar refractivity (Wildman–Crippen MR) is 89.9 cm³/mol. The van der Waals surface area contributed by atoms with E-state index in [0.29, 0.717) is 23.9 Å². The van der Waals surface area contributed by atoms with Crippen LogP contribution in [0, 0.1) is 28.6 Å². The van der Waals surface area contributed by atoms with Crippen LogP contribution in [0.1, 0.15) is 58.8 Å². The number of hydrogen-bond acceptors (Lipinski definition) is 3. The Labute approximate surface area is 140 Å². The van der Waals surface area contributed by atoms with Gasteiger partial charge in [0.1, 0.15) is 0 Å². The van der Waals surface area contributed by atoms with E-state index in [1.165, 1.54) is 12.0 Å². The van der Waals surface area contributed by atoms with Crippen LogP contribution in [-0.4, -0.2) is 35.6 Å². The van der Waals surface area contributed by atoms with Crippen molar-refractivity contribution < 1.29 is 14.9 Å². The van der Waals surface area contributed by atoms with Gasteiger partial charge in [0.15, 0.2) is 0 Å². The van der Waals surface area contributed by atoms with E-state index in [0.717, 1.165) is 38.5 Å². The standard InChI is InChI=1S/C20H32O3/c1-19-8-6-13(23-3)10-12(19)11-16(21)18-14-4-5-17(22)20(14,2)9-7-15(18)19/h11,13-18,21-22H,4-10H2,1-3H3/t13-,14-,15-,16+,17-,18-,19-,20-/m0/s1. The molecule has 23 heavy (non-hydrogen) atoms. The molecule has 0 unspecified atom stereocenters. The van der Waals surface area contributed by atoms with Gasteiger partial charge in [-0.3, -0.25) is 0 Å². The number of methoxy groups -OCH3 is 1. The predicted octanol–water partition coefficient (Wildman–Crippen LogP) is 3.30. The maximum Gasteiger partial charge on any atom is 0.0757 e. The van der Waals surface area contributed by atoms with Gasteiger partial charge in [-0.25, -0.2) is 0 Å². The number of aliphatic hydroxyl groups excluding tert-OH is 2. The third kappa shape index (κ3) is 2.12. The molecule has 0 spiro atoms. The molecule has 0 saturated heterocycles. The van der Waals surface area contributed by atoms with Gasteiger partial charge in [-0.05, 0) is 73.5 Å². The van der Waals surface area contributed by atoms with Crippen LogP contribution in [0.4, 0.5) is 0 Å². The zero-order chi connectivity index (χ0) is 16.4. The van der Waals surface area contributed by atoms with E-state index in [1.54, 1.807) is 0 Å². The van der Waals surface area contributed by atoms with Crippen LogP contribution < -0.4 is 0 Å². The number of hydrogen-bond donors (Lipinski definition) is 2. The summed E-state index contributed by atoms with van der Waals surface area (Å²) in [6.45, 7) is 4.70. The van der Waals surface area contributed by atoms with Gasteiger partial charge >= 0.3 is 0 Å². The smallest absolute Gasteiger partial charge is 0.0757 e. The summed E-state index contributed by atoms with van der Waals surface area (Å²) in [5.41, 5.74) is 1.69. The number of ether oxygens (including phenoxy) is 1. The van der Waals surface area contributed by atoms with Gasteiger partial charge in [0.2, 0.25) is 0 Å². The van der Waals surface area contributed by atoms with Gasteiger partial charge in [-0.2, -0.15) is 0 Å². The summed E-state index contributed by atoms with van der Waals surface area (Å²) in [5.74, 6) is 1.37. The number of aliphatic hydroxyl groups is 2. The SMILES string of the molecule is CO[C@H]1CC[C@@]2(C)C(=C[C@@H](O)[C@H]3[C@@H]4CC[C@H](O)[C@@]4(C)CC[C@@H]32)C1. The Hall–Kier alpha value is -0.380. The van der Waals surface area contributed by atoms with E-state index < -0.39 is 0 Å². The van der Waals surface area contributed by atoms with E-state index in [4.69, 9.17) is 4.74 Å². The molecule has 0 radical (unpaired) electrons. The van der Waals surface area contributed by atoms with Gasteiger partial charge < -0.3 is 14.9 Å². The third-order valence-electron chi connectivity index (χ3n) is 8.37. The molecule has 0 aromatic heterocycles. The van der Waals surface area contributed by atoms with Crippen molar-refractivity contribution >= 4 is 0 Å². The van der Waals surface area contributed by atoms with Crippen LogP contribution in [0.3, 0.4) is 0 Å². The molecular formula is C20H32O3. The van der Waals surface area contributed by atoms with Crippen LogP contribution in [-0.2, 0) is 4.74 Å². The highest BCUT2D eigenvalue weighted by atomic mass is 16.5. The zero-order valence-corrected chi connectivity index (χ0v) is 14.8. The average molecular weight is 320 g/mol. The molecule has 0 heterocycles. The Bertz CT molecular complexity index is 515. The Morgan fingerprint density at radius 1 is 1.04 bits per heavy atom. The number of rotatable bonds is 1. The third-order valence-corrected chi connectivity index (χ3v) is 8.37. The molecule has 4 aliphatic rings. The average Bonchev–Trinajstić information content (AvgIpc) is 2.83. The lowest BCUT2D eigenvalue weighted by molar-refractivity contribution is -0.106. The van der Waals surface area contributed by atoms with Crippen LogP contribution in [0.2, 0.25) is 0 Å². The second-order valence-electron chi connectivity index (χ2n) is 9.13. The van der Waals surface area contributed by atoms with E-state index in [-0.39, 0.29) is 23.0 Å². The number of fused-ring (bicyclic) bond motifs is 5. The fraction of sp³-hybridized carbons (Fsp3) is 0.900. The first-order valence-corrected chi connectivity index (χ1v) is 9.50. The Kier molecular flexibility index (Phi) is 3.72. The summed E-state index contributed by atoms with van der Waals surface area (Å²) in [7, 11) is 1.81. The van der Waals surface area contributed by atoms with E-state index in [9.17, 15) is 10.2 Å². The molecule has 130 valence electrons. The lowest BCUT2D eigenvalue weighted by Crippen LogP contribution is -2.55. The summed E-state index contributed by atoms with van der Waals surface area (Å²) in [4.78, 5) is 0. The molecule has 4 rings (SSSR count). The monoisotopic (exact) mass is 320 g/mol. The van der Waals surface area contributed by atoms with E-state index in [2.05, 4.69) is 19.9 Å². The molecule has 0 amide bonds. The highest BCUT2D eigenvalue weighted by Gasteiger charge is 2.60. The molecule has 3 fully saturated rings. The van der Waals surface area contributed by atoms with Crippen molar-refractivity contribution in [2.75, 3.05) is 7.11 Å². The second kappa shape index (κ2) is 5.31. The van der Waals surface area contributed by atoms with Crippen molar-refractivity contribution in [3.8, 4) is 0 Å². The van der Waals surface area contributed by atoms with Crippen molar-refractivity contribution in [1.82, 2.24) is 0 Å². The zero-order valence-electron chi connectivity index (χ0n) is 14.8. The summed E-state index contributed by atoms with van der Waals surface area (Å²) >= 11 is 0. The molecule has 2 N–H and O–H groups in total. The molecule has 4 aliphatic carbocycles. The first-order chi connectivity index (χ1) is 10.9. The minimum Gasteiger partial charge on any atom is -0.393 e. The molecule has 0 aliphatic heterocycles. The summed E-state index contributed by atoms with van der Waals surface area (Å²) < 4.78 is 5.60. The quantitative estimate of drug-likeness (QED) is 0.729. The summed E-state index contributed by atoms with van der Waals surface area (Å²) in [6, 6.07) is 0. The highest BCUT2D eigenvalue weighted by Crippen LogP contribution is 2.64. The molecule has 3 heteroatoms. The van der Waals surface area contributed by atoms with Gasteiger partial charge in [0.25, 0.3) is 0 Å². The minimum atomic E-state index is -0.339. The molecule has 3 nitrogen and oxygen atoms in total. The van der Waals surface area contributed by atoms with Crippen molar-refractivity contribution in [3.05, 3.63) is 11.6 Å². The van der Waals surface area contributed by atoms with Gasteiger partial charge in [-0.1, -0.05) is 25.5 Å². The Balaban J connectivity index is 1.70. The molecular weight excluding hydrogens is 288 g/mol. The van der Waals surface area contributed by atoms with E-state index >= 15 is 0 Å². The minimum absolute atomic E-state index is 0.0214. The van der Waals surface area contributed by atoms with Crippen molar-refractivity contribution in [3.63, 3.8) is 0 Å². The second-order valence-corrected chi connectivity index (χ2v) is 9.13. The lowest BCUT2D eigenvalue weighted by atomic mass is 9.47. The van der Waals surface area contributed by atoms with E-state index in [1.807, 2.05) is 7.11 Å². The summed E-state index contributed by atoms with van der Waals surface area (Å²) in [6.07, 6.45) is 9.52. The van der Waals surface area contributed by atoms with Gasteiger partial charge in [-0.15, -0.1) is 0 Å².